The number of nitrogens with zero attached hydrogens (tertiary/aromatic N) is 2. The molecule has 2 heterocycles. The van der Waals surface area contributed by atoms with Crippen LogP contribution >= 0.6 is 0 Å². The highest BCUT2D eigenvalue weighted by atomic mass is 19.4. The molecule has 0 spiro atoms. The lowest BCUT2D eigenvalue weighted by molar-refractivity contribution is -0.141. The van der Waals surface area contributed by atoms with E-state index >= 15 is 0 Å². The van der Waals surface area contributed by atoms with Crippen molar-refractivity contribution in [3.8, 4) is 0 Å². The van der Waals surface area contributed by atoms with Crippen molar-refractivity contribution in [1.29, 1.82) is 0 Å². The summed E-state index contributed by atoms with van der Waals surface area (Å²) in [6.45, 7) is 2.42. The molecular formula is C15H20F3N3O. The van der Waals surface area contributed by atoms with Gasteiger partial charge >= 0.3 is 6.18 Å². The van der Waals surface area contributed by atoms with E-state index in [0.717, 1.165) is 19.0 Å². The zero-order valence-electron chi connectivity index (χ0n) is 12.2. The van der Waals surface area contributed by atoms with Gasteiger partial charge in [0, 0.05) is 30.7 Å². The van der Waals surface area contributed by atoms with Gasteiger partial charge in [-0.15, -0.1) is 0 Å². The van der Waals surface area contributed by atoms with E-state index in [2.05, 4.69) is 9.88 Å². The number of likely N-dealkylation sites (tertiary alicyclic amines) is 1. The molecule has 1 aliphatic carbocycles. The van der Waals surface area contributed by atoms with Crippen LogP contribution in [0.4, 0.5) is 13.2 Å². The van der Waals surface area contributed by atoms with Gasteiger partial charge in [0.2, 0.25) is 0 Å². The molecule has 4 nitrogen and oxygen atoms in total. The van der Waals surface area contributed by atoms with Gasteiger partial charge in [-0.05, 0) is 37.4 Å². The molecule has 1 aliphatic heterocycles. The lowest BCUT2D eigenvalue weighted by atomic mass is 10.0. The number of alkyl halides is 3. The number of nitrogens with two attached hydrogens (primary N) is 1. The normalized spacial score (nSPS) is 29.4. The van der Waals surface area contributed by atoms with Gasteiger partial charge in [0.05, 0.1) is 6.10 Å². The third-order valence-electron chi connectivity index (χ3n) is 4.73. The maximum atomic E-state index is 12.8. The summed E-state index contributed by atoms with van der Waals surface area (Å²) in [6.07, 6.45) is -3.47. The molecule has 1 saturated carbocycles. The van der Waals surface area contributed by atoms with Gasteiger partial charge in [-0.25, -0.2) is 4.98 Å². The van der Waals surface area contributed by atoms with Crippen LogP contribution in [-0.2, 0) is 11.6 Å². The van der Waals surface area contributed by atoms with Crippen LogP contribution in [0.3, 0.4) is 0 Å². The third-order valence-corrected chi connectivity index (χ3v) is 4.73. The Morgan fingerprint density at radius 1 is 1.45 bits per heavy atom. The van der Waals surface area contributed by atoms with Gasteiger partial charge in [0.1, 0.15) is 5.69 Å². The number of pyridine rings is 1. The Balaban J connectivity index is 1.72. The van der Waals surface area contributed by atoms with E-state index in [-0.39, 0.29) is 5.41 Å². The predicted molar refractivity (Wildman–Crippen MR) is 75.1 cm³/mol. The first-order valence-electron chi connectivity index (χ1n) is 7.50. The molecule has 22 heavy (non-hydrogen) atoms. The molecule has 2 aliphatic rings. The second kappa shape index (κ2) is 5.47. The fourth-order valence-corrected chi connectivity index (χ4v) is 3.57. The molecule has 3 rings (SSSR count). The Morgan fingerprint density at radius 3 is 2.91 bits per heavy atom. The predicted octanol–water partition coefficient (Wildman–Crippen LogP) is 1.38. The van der Waals surface area contributed by atoms with E-state index in [0.29, 0.717) is 37.7 Å². The Labute approximate surface area is 127 Å². The van der Waals surface area contributed by atoms with Crippen molar-refractivity contribution in [2.75, 3.05) is 26.2 Å². The fraction of sp³-hybridized carbons (Fsp3) is 0.667. The molecule has 1 aromatic rings. The standard InChI is InChI=1S/C15H20F3N3O/c16-15(17,18)13-3-1-2-12(20-13)14-6-10(14)7-21(9-14)8-11(22)4-5-19/h1-3,10-11,22H,4-9,19H2/t10?,11-,14?/m1/s1. The molecule has 1 aromatic heterocycles. The summed E-state index contributed by atoms with van der Waals surface area (Å²) < 4.78 is 38.4. The Hall–Kier alpha value is -1.18. The van der Waals surface area contributed by atoms with Crippen molar-refractivity contribution < 1.29 is 18.3 Å². The minimum atomic E-state index is -4.41. The SMILES string of the molecule is NCC[C@@H](O)CN1CC2CC2(c2cccc(C(F)(F)F)n2)C1. The summed E-state index contributed by atoms with van der Waals surface area (Å²) in [5.74, 6) is 0.341. The second-order valence-corrected chi connectivity index (χ2v) is 6.39. The number of aromatic nitrogens is 1. The lowest BCUT2D eigenvalue weighted by Gasteiger charge is -2.23. The molecule has 122 valence electrons. The van der Waals surface area contributed by atoms with Crippen LogP contribution in [-0.4, -0.2) is 47.3 Å². The topological polar surface area (TPSA) is 62.4 Å². The van der Waals surface area contributed by atoms with Gasteiger partial charge in [-0.2, -0.15) is 13.2 Å². The molecule has 7 heteroatoms. The number of hydrogen-bond donors (Lipinski definition) is 2. The van der Waals surface area contributed by atoms with E-state index in [4.69, 9.17) is 5.73 Å². The molecule has 3 N–H and O–H groups in total. The molecule has 3 atom stereocenters. The Morgan fingerprint density at radius 2 is 2.23 bits per heavy atom. The average Bonchev–Trinajstić information content (AvgIpc) is 3.02. The summed E-state index contributed by atoms with van der Waals surface area (Å²) in [6, 6.07) is 4.13. The van der Waals surface area contributed by atoms with Gasteiger partial charge in [-0.3, -0.25) is 4.90 Å². The van der Waals surface area contributed by atoms with Crippen LogP contribution < -0.4 is 5.73 Å². The zero-order chi connectivity index (χ0) is 16.0. The van der Waals surface area contributed by atoms with Crippen LogP contribution in [0.15, 0.2) is 18.2 Å². The maximum absolute atomic E-state index is 12.8. The van der Waals surface area contributed by atoms with Crippen LogP contribution in [0.5, 0.6) is 0 Å². The summed E-state index contributed by atoms with van der Waals surface area (Å²) in [5.41, 5.74) is 4.86. The smallest absolute Gasteiger partial charge is 0.392 e. The van der Waals surface area contributed by atoms with E-state index in [9.17, 15) is 18.3 Å². The number of hydrogen-bond acceptors (Lipinski definition) is 4. The molecule has 0 bridgehead atoms. The number of rotatable bonds is 5. The van der Waals surface area contributed by atoms with Crippen molar-refractivity contribution in [3.05, 3.63) is 29.6 Å². The van der Waals surface area contributed by atoms with Crippen LogP contribution in [0.1, 0.15) is 24.2 Å². The summed E-state index contributed by atoms with van der Waals surface area (Å²) in [4.78, 5) is 5.96. The first-order chi connectivity index (χ1) is 10.3. The van der Waals surface area contributed by atoms with Crippen LogP contribution in [0, 0.1) is 5.92 Å². The van der Waals surface area contributed by atoms with E-state index in [1.165, 1.54) is 6.07 Å². The van der Waals surface area contributed by atoms with E-state index < -0.39 is 18.0 Å². The first-order valence-corrected chi connectivity index (χ1v) is 7.50. The summed E-state index contributed by atoms with van der Waals surface area (Å²) in [5, 5.41) is 9.83. The third kappa shape index (κ3) is 2.85. The average molecular weight is 315 g/mol. The van der Waals surface area contributed by atoms with Gasteiger partial charge < -0.3 is 10.8 Å². The highest BCUT2D eigenvalue weighted by molar-refractivity contribution is 5.33. The van der Waals surface area contributed by atoms with Gasteiger partial charge in [0.15, 0.2) is 0 Å². The first kappa shape index (κ1) is 15.7. The lowest BCUT2D eigenvalue weighted by Crippen LogP contribution is -2.35. The summed E-state index contributed by atoms with van der Waals surface area (Å²) >= 11 is 0. The van der Waals surface area contributed by atoms with Crippen LogP contribution in [0.2, 0.25) is 0 Å². The summed E-state index contributed by atoms with van der Waals surface area (Å²) in [7, 11) is 0. The molecule has 1 saturated heterocycles. The zero-order valence-corrected chi connectivity index (χ0v) is 12.2. The minimum absolute atomic E-state index is 0.260. The van der Waals surface area contributed by atoms with Crippen molar-refractivity contribution in [3.63, 3.8) is 0 Å². The van der Waals surface area contributed by atoms with Crippen LogP contribution in [0.25, 0.3) is 0 Å². The van der Waals surface area contributed by atoms with Crippen molar-refractivity contribution >= 4 is 0 Å². The number of β-amino-alcohol motifs (C(OH)–C–C–N with tert-alkyl or cyclic N) is 1. The number of piperidine rings is 1. The Kier molecular flexibility index (Phi) is 3.91. The monoisotopic (exact) mass is 315 g/mol. The number of halogens is 3. The molecular weight excluding hydrogens is 295 g/mol. The van der Waals surface area contributed by atoms with Gasteiger partial charge in [0.25, 0.3) is 0 Å². The Bertz CT molecular complexity index is 551. The van der Waals surface area contributed by atoms with E-state index in [1.54, 1.807) is 6.07 Å². The quantitative estimate of drug-likeness (QED) is 0.862. The highest BCUT2D eigenvalue weighted by Gasteiger charge is 2.61. The number of aliphatic hydroxyl groups excluding tert-OH is 1. The fourth-order valence-electron chi connectivity index (χ4n) is 3.57. The second-order valence-electron chi connectivity index (χ2n) is 6.39. The molecule has 0 amide bonds. The van der Waals surface area contributed by atoms with Gasteiger partial charge in [-0.1, -0.05) is 6.07 Å². The van der Waals surface area contributed by atoms with Crippen molar-refractivity contribution in [2.24, 2.45) is 11.7 Å². The number of aliphatic hydroxyl groups is 1. The van der Waals surface area contributed by atoms with Crippen molar-refractivity contribution in [1.82, 2.24) is 9.88 Å². The van der Waals surface area contributed by atoms with Crippen molar-refractivity contribution in [2.45, 2.75) is 30.5 Å². The molecule has 0 radical (unpaired) electrons. The minimum Gasteiger partial charge on any atom is -0.392 e. The molecule has 0 aromatic carbocycles. The molecule has 2 unspecified atom stereocenters. The largest absolute Gasteiger partial charge is 0.433 e. The highest BCUT2D eigenvalue weighted by Crippen LogP contribution is 2.58. The molecule has 2 fully saturated rings. The maximum Gasteiger partial charge on any atom is 0.433 e. The number of fused-ring (bicyclic) bond motifs is 1. The van der Waals surface area contributed by atoms with E-state index in [1.807, 2.05) is 0 Å².